The fourth-order valence-electron chi connectivity index (χ4n) is 4.29. The van der Waals surface area contributed by atoms with Crippen molar-refractivity contribution in [2.45, 2.75) is 76.7 Å². The van der Waals surface area contributed by atoms with Crippen LogP contribution in [0.15, 0.2) is 4.40 Å². The molecule has 1 aliphatic heterocycles. The SMILES string of the molecule is C[C@H]1C[C@H](NC2=NS(=O)(=O)C3CCCCC3O2)[C@@H](C)[C@@H](C)C1. The summed E-state index contributed by atoms with van der Waals surface area (Å²) in [6.07, 6.45) is 5.55. The molecule has 1 heterocycles. The van der Waals surface area contributed by atoms with Gasteiger partial charge in [-0.1, -0.05) is 27.2 Å². The van der Waals surface area contributed by atoms with E-state index in [1.807, 2.05) is 0 Å². The minimum Gasteiger partial charge on any atom is -0.460 e. The van der Waals surface area contributed by atoms with Crippen LogP contribution in [0.3, 0.4) is 0 Å². The molecule has 3 rings (SSSR count). The molecule has 0 radical (unpaired) electrons. The van der Waals surface area contributed by atoms with Crippen molar-refractivity contribution in [1.82, 2.24) is 5.32 Å². The first-order valence-electron chi connectivity index (χ1n) is 8.64. The zero-order chi connectivity index (χ0) is 15.9. The van der Waals surface area contributed by atoms with Gasteiger partial charge in [-0.2, -0.15) is 0 Å². The Bertz CT molecular complexity index is 546. The van der Waals surface area contributed by atoms with Crippen molar-refractivity contribution in [2.24, 2.45) is 22.2 Å². The lowest BCUT2D eigenvalue weighted by Crippen LogP contribution is -2.52. The average molecular weight is 328 g/mol. The molecular weight excluding hydrogens is 300 g/mol. The molecule has 2 aliphatic carbocycles. The number of ether oxygens (including phenoxy) is 1. The summed E-state index contributed by atoms with van der Waals surface area (Å²) in [5.41, 5.74) is 0. The van der Waals surface area contributed by atoms with Gasteiger partial charge >= 0.3 is 6.02 Å². The molecule has 0 aromatic rings. The zero-order valence-electron chi connectivity index (χ0n) is 13.8. The van der Waals surface area contributed by atoms with Gasteiger partial charge in [-0.25, -0.2) is 8.42 Å². The van der Waals surface area contributed by atoms with E-state index in [2.05, 4.69) is 30.5 Å². The number of hydrogen-bond donors (Lipinski definition) is 1. The van der Waals surface area contributed by atoms with Gasteiger partial charge in [-0.3, -0.25) is 0 Å². The van der Waals surface area contributed by atoms with Gasteiger partial charge in [-0.15, -0.1) is 4.40 Å². The highest BCUT2D eigenvalue weighted by atomic mass is 32.2. The van der Waals surface area contributed by atoms with Crippen LogP contribution in [-0.2, 0) is 14.8 Å². The van der Waals surface area contributed by atoms with E-state index in [4.69, 9.17) is 4.74 Å². The Labute approximate surface area is 134 Å². The van der Waals surface area contributed by atoms with E-state index in [1.54, 1.807) is 0 Å². The van der Waals surface area contributed by atoms with Gasteiger partial charge in [-0.05, 0) is 49.9 Å². The second kappa shape index (κ2) is 6.02. The van der Waals surface area contributed by atoms with Gasteiger partial charge in [0, 0.05) is 6.04 Å². The number of rotatable bonds is 1. The van der Waals surface area contributed by atoms with Crippen molar-refractivity contribution in [3.05, 3.63) is 0 Å². The monoisotopic (exact) mass is 328 g/mol. The highest BCUT2D eigenvalue weighted by Gasteiger charge is 2.42. The summed E-state index contributed by atoms with van der Waals surface area (Å²) in [7, 11) is -3.43. The third-order valence-corrected chi connectivity index (χ3v) is 7.49. The zero-order valence-corrected chi connectivity index (χ0v) is 14.6. The van der Waals surface area contributed by atoms with Crippen LogP contribution in [0.2, 0.25) is 0 Å². The quantitative estimate of drug-likeness (QED) is 0.803. The summed E-state index contributed by atoms with van der Waals surface area (Å²) in [6.45, 7) is 6.76. The fraction of sp³-hybridized carbons (Fsp3) is 0.938. The standard InChI is InChI=1S/C16H28N2O3S/c1-10-8-11(2)12(3)13(9-10)17-16-18-22(19,20)15-7-5-4-6-14(15)21-16/h10-15H,4-9H2,1-3H3,(H,17,18)/t10-,11+,12+,13+,14?,15?/m1/s1. The van der Waals surface area contributed by atoms with E-state index in [-0.39, 0.29) is 18.2 Å². The van der Waals surface area contributed by atoms with Crippen LogP contribution in [0.4, 0.5) is 0 Å². The van der Waals surface area contributed by atoms with E-state index < -0.39 is 15.3 Å². The highest BCUT2D eigenvalue weighted by Crippen LogP contribution is 2.35. The van der Waals surface area contributed by atoms with E-state index in [1.165, 1.54) is 6.42 Å². The maximum atomic E-state index is 12.4. The number of fused-ring (bicyclic) bond motifs is 1. The molecule has 2 saturated carbocycles. The molecule has 0 saturated heterocycles. The van der Waals surface area contributed by atoms with Crippen LogP contribution in [0.5, 0.6) is 0 Å². The number of nitrogens with zero attached hydrogens (tertiary/aromatic N) is 1. The van der Waals surface area contributed by atoms with E-state index in [9.17, 15) is 8.42 Å². The van der Waals surface area contributed by atoms with Crippen LogP contribution in [0, 0.1) is 17.8 Å². The van der Waals surface area contributed by atoms with Crippen molar-refractivity contribution in [3.8, 4) is 0 Å². The van der Waals surface area contributed by atoms with E-state index in [0.29, 0.717) is 24.2 Å². The van der Waals surface area contributed by atoms with E-state index >= 15 is 0 Å². The normalized spacial score (nSPS) is 44.4. The van der Waals surface area contributed by atoms with Crippen LogP contribution >= 0.6 is 0 Å². The first kappa shape index (κ1) is 16.1. The second-order valence-corrected chi connectivity index (χ2v) is 9.37. The molecule has 6 heteroatoms. The van der Waals surface area contributed by atoms with Crippen molar-refractivity contribution in [2.75, 3.05) is 0 Å². The Kier molecular flexibility index (Phi) is 4.40. The molecule has 6 atom stereocenters. The predicted octanol–water partition coefficient (Wildman–Crippen LogP) is 2.67. The van der Waals surface area contributed by atoms with E-state index in [0.717, 1.165) is 25.7 Å². The molecule has 1 N–H and O–H groups in total. The van der Waals surface area contributed by atoms with Crippen molar-refractivity contribution in [3.63, 3.8) is 0 Å². The maximum absolute atomic E-state index is 12.4. The first-order valence-corrected chi connectivity index (χ1v) is 10.1. The average Bonchev–Trinajstić information content (AvgIpc) is 2.43. The molecule has 2 fully saturated rings. The molecule has 0 aromatic carbocycles. The Morgan fingerprint density at radius 2 is 1.86 bits per heavy atom. The van der Waals surface area contributed by atoms with Gasteiger partial charge in [0.25, 0.3) is 10.0 Å². The summed E-state index contributed by atoms with van der Waals surface area (Å²) in [5.74, 6) is 1.77. The van der Waals surface area contributed by atoms with Gasteiger partial charge < -0.3 is 10.1 Å². The molecular formula is C16H28N2O3S. The van der Waals surface area contributed by atoms with Crippen LogP contribution in [0.25, 0.3) is 0 Å². The fourth-order valence-corrected chi connectivity index (χ4v) is 5.79. The Balaban J connectivity index is 1.76. The number of nitrogens with one attached hydrogen (secondary N) is 1. The topological polar surface area (TPSA) is 67.8 Å². The molecule has 0 bridgehead atoms. The molecule has 22 heavy (non-hydrogen) atoms. The molecule has 3 aliphatic rings. The lowest BCUT2D eigenvalue weighted by Gasteiger charge is -2.40. The van der Waals surface area contributed by atoms with Gasteiger partial charge in [0.15, 0.2) is 0 Å². The van der Waals surface area contributed by atoms with Crippen LogP contribution in [-0.4, -0.2) is 31.8 Å². The smallest absolute Gasteiger partial charge is 0.301 e. The summed E-state index contributed by atoms with van der Waals surface area (Å²) in [6, 6.07) is 0.481. The van der Waals surface area contributed by atoms with Gasteiger partial charge in [0.1, 0.15) is 11.4 Å². The van der Waals surface area contributed by atoms with Crippen molar-refractivity contribution < 1.29 is 13.2 Å². The lowest BCUT2D eigenvalue weighted by atomic mass is 9.73. The third kappa shape index (κ3) is 3.12. The molecule has 5 nitrogen and oxygen atoms in total. The number of hydrogen-bond acceptors (Lipinski definition) is 4. The van der Waals surface area contributed by atoms with Crippen molar-refractivity contribution >= 4 is 16.0 Å². The molecule has 126 valence electrons. The molecule has 2 unspecified atom stereocenters. The summed E-state index contributed by atoms with van der Waals surface area (Å²) >= 11 is 0. The Morgan fingerprint density at radius 3 is 2.64 bits per heavy atom. The maximum Gasteiger partial charge on any atom is 0.301 e. The van der Waals surface area contributed by atoms with Crippen molar-refractivity contribution in [1.29, 1.82) is 0 Å². The Morgan fingerprint density at radius 1 is 1.14 bits per heavy atom. The summed E-state index contributed by atoms with van der Waals surface area (Å²) in [5, 5.41) is 2.87. The minimum absolute atomic E-state index is 0.215. The minimum atomic E-state index is -3.43. The van der Waals surface area contributed by atoms with Crippen LogP contribution in [0.1, 0.15) is 59.3 Å². The first-order chi connectivity index (χ1) is 10.4. The highest BCUT2D eigenvalue weighted by molar-refractivity contribution is 7.91. The van der Waals surface area contributed by atoms with Gasteiger partial charge in [0.05, 0.1) is 0 Å². The lowest BCUT2D eigenvalue weighted by molar-refractivity contribution is 0.118. The second-order valence-electron chi connectivity index (χ2n) is 7.55. The van der Waals surface area contributed by atoms with Crippen LogP contribution < -0.4 is 5.32 Å². The molecule has 0 spiro atoms. The molecule has 0 aromatic heterocycles. The number of amidine groups is 1. The third-order valence-electron chi connectivity index (χ3n) is 5.77. The summed E-state index contributed by atoms with van der Waals surface area (Å²) < 4.78 is 34.6. The number of sulfonamides is 1. The Hall–Kier alpha value is -0.780. The summed E-state index contributed by atoms with van der Waals surface area (Å²) in [4.78, 5) is 0. The van der Waals surface area contributed by atoms with Gasteiger partial charge in [0.2, 0.25) is 0 Å². The largest absolute Gasteiger partial charge is 0.460 e. The predicted molar refractivity (Wildman–Crippen MR) is 87.1 cm³/mol. The molecule has 0 amide bonds.